The Kier molecular flexibility index (Phi) is 4.07. The van der Waals surface area contributed by atoms with Gasteiger partial charge in [0.15, 0.2) is 0 Å². The van der Waals surface area contributed by atoms with Crippen molar-refractivity contribution >= 4 is 11.9 Å². The minimum atomic E-state index is -1.10. The average Bonchev–Trinajstić information content (AvgIpc) is 2.59. The molecule has 0 aromatic carbocycles. The molecular formula is C10H14N2O4. The van der Waals surface area contributed by atoms with Crippen LogP contribution in [0.5, 0.6) is 0 Å². The third kappa shape index (κ3) is 3.74. The molecule has 0 saturated heterocycles. The lowest BCUT2D eigenvalue weighted by atomic mass is 10.2. The number of carboxylic acids is 1. The van der Waals surface area contributed by atoms with E-state index >= 15 is 0 Å². The maximum absolute atomic E-state index is 11.3. The van der Waals surface area contributed by atoms with Gasteiger partial charge < -0.3 is 20.6 Å². The topological polar surface area (TPSA) is 106 Å². The summed E-state index contributed by atoms with van der Waals surface area (Å²) < 4.78 is 5.22. The molecule has 6 heteroatoms. The summed E-state index contributed by atoms with van der Waals surface area (Å²) in [6.07, 6.45) is -0.386. The highest BCUT2D eigenvalue weighted by Gasteiger charge is 2.16. The third-order valence-corrected chi connectivity index (χ3v) is 1.96. The van der Waals surface area contributed by atoms with Gasteiger partial charge in [-0.2, -0.15) is 0 Å². The molecule has 1 rings (SSSR count). The molecule has 1 amide bonds. The number of hydrogen-bond acceptors (Lipinski definition) is 4. The lowest BCUT2D eigenvalue weighted by Gasteiger charge is -2.08. The van der Waals surface area contributed by atoms with Crippen molar-refractivity contribution in [3.63, 3.8) is 0 Å². The number of hydrogen-bond donors (Lipinski definition) is 3. The summed E-state index contributed by atoms with van der Waals surface area (Å²) in [5.41, 5.74) is 5.36. The van der Waals surface area contributed by atoms with E-state index in [1.165, 1.54) is 0 Å². The first-order valence-corrected chi connectivity index (χ1v) is 4.79. The molecule has 4 N–H and O–H groups in total. The van der Waals surface area contributed by atoms with Crippen LogP contribution in [0.25, 0.3) is 0 Å². The summed E-state index contributed by atoms with van der Waals surface area (Å²) in [6, 6.07) is 2.48. The Hall–Kier alpha value is -1.82. The Bertz CT molecular complexity index is 386. The number of nitrogens with two attached hydrogens (primary N) is 1. The van der Waals surface area contributed by atoms with Crippen LogP contribution in [0.1, 0.15) is 17.9 Å². The summed E-state index contributed by atoms with van der Waals surface area (Å²) in [6.45, 7) is 2.00. The van der Waals surface area contributed by atoms with Crippen LogP contribution in [-0.2, 0) is 16.1 Å². The van der Waals surface area contributed by atoms with Crippen LogP contribution < -0.4 is 11.1 Å². The molecule has 0 aliphatic carbocycles. The highest BCUT2D eigenvalue weighted by molar-refractivity contribution is 5.85. The lowest BCUT2D eigenvalue weighted by molar-refractivity contribution is -0.139. The van der Waals surface area contributed by atoms with E-state index in [2.05, 4.69) is 5.32 Å². The van der Waals surface area contributed by atoms with Crippen LogP contribution in [0.4, 0.5) is 0 Å². The second kappa shape index (κ2) is 5.32. The highest BCUT2D eigenvalue weighted by atomic mass is 16.4. The molecule has 1 atom stereocenters. The molecule has 6 nitrogen and oxygen atoms in total. The Morgan fingerprint density at radius 2 is 2.25 bits per heavy atom. The molecule has 0 spiro atoms. The number of aliphatic carboxylic acids is 1. The Balaban J connectivity index is 2.37. The highest BCUT2D eigenvalue weighted by Crippen LogP contribution is 2.05. The van der Waals surface area contributed by atoms with Gasteiger partial charge in [0.2, 0.25) is 5.91 Å². The van der Waals surface area contributed by atoms with Crippen molar-refractivity contribution in [1.29, 1.82) is 0 Å². The molecule has 88 valence electrons. The van der Waals surface area contributed by atoms with Crippen LogP contribution in [0.15, 0.2) is 16.5 Å². The minimum Gasteiger partial charge on any atom is -0.481 e. The molecule has 1 unspecified atom stereocenters. The van der Waals surface area contributed by atoms with Gasteiger partial charge >= 0.3 is 5.97 Å². The molecule has 0 bridgehead atoms. The molecule has 0 aliphatic rings. The van der Waals surface area contributed by atoms with Gasteiger partial charge in [-0.15, -0.1) is 0 Å². The number of amides is 1. The van der Waals surface area contributed by atoms with E-state index < -0.39 is 17.9 Å². The number of carbonyl (C=O) groups excluding carboxylic acids is 1. The van der Waals surface area contributed by atoms with Crippen molar-refractivity contribution in [3.8, 4) is 0 Å². The van der Waals surface area contributed by atoms with Crippen molar-refractivity contribution < 1.29 is 19.1 Å². The Morgan fingerprint density at radius 3 is 2.75 bits per heavy atom. The van der Waals surface area contributed by atoms with E-state index in [4.69, 9.17) is 15.3 Å². The van der Waals surface area contributed by atoms with Gasteiger partial charge in [0.25, 0.3) is 0 Å². The first kappa shape index (κ1) is 12.3. The third-order valence-electron chi connectivity index (χ3n) is 1.96. The molecule has 1 aromatic rings. The van der Waals surface area contributed by atoms with Crippen molar-refractivity contribution in [2.24, 2.45) is 5.73 Å². The van der Waals surface area contributed by atoms with Crippen LogP contribution in [0, 0.1) is 6.92 Å². The molecule has 1 heterocycles. The number of furan rings is 1. The minimum absolute atomic E-state index is 0.208. The van der Waals surface area contributed by atoms with Gasteiger partial charge in [-0.05, 0) is 19.1 Å². The van der Waals surface area contributed by atoms with Gasteiger partial charge in [0.1, 0.15) is 11.5 Å². The smallest absolute Gasteiger partial charge is 0.305 e. The van der Waals surface area contributed by atoms with Crippen LogP contribution in [0.3, 0.4) is 0 Å². The van der Waals surface area contributed by atoms with Gasteiger partial charge in [-0.3, -0.25) is 9.59 Å². The van der Waals surface area contributed by atoms with Crippen LogP contribution in [0.2, 0.25) is 0 Å². The molecule has 0 radical (unpaired) electrons. The number of aryl methyl sites for hydroxylation is 1. The van der Waals surface area contributed by atoms with E-state index in [0.717, 1.165) is 5.76 Å². The lowest BCUT2D eigenvalue weighted by Crippen LogP contribution is -2.41. The summed E-state index contributed by atoms with van der Waals surface area (Å²) in [5, 5.41) is 10.9. The maximum atomic E-state index is 11.3. The number of carbonyl (C=O) groups is 2. The van der Waals surface area contributed by atoms with E-state index in [1.54, 1.807) is 19.1 Å². The van der Waals surface area contributed by atoms with Crippen molar-refractivity contribution in [1.82, 2.24) is 5.32 Å². The second-order valence-corrected chi connectivity index (χ2v) is 3.43. The van der Waals surface area contributed by atoms with Crippen molar-refractivity contribution in [2.45, 2.75) is 25.9 Å². The summed E-state index contributed by atoms with van der Waals surface area (Å²) in [4.78, 5) is 21.6. The van der Waals surface area contributed by atoms with E-state index in [9.17, 15) is 9.59 Å². The second-order valence-electron chi connectivity index (χ2n) is 3.43. The maximum Gasteiger partial charge on any atom is 0.305 e. The normalized spacial score (nSPS) is 12.1. The zero-order valence-corrected chi connectivity index (χ0v) is 8.90. The Labute approximate surface area is 92.4 Å². The summed E-state index contributed by atoms with van der Waals surface area (Å²) >= 11 is 0. The van der Waals surface area contributed by atoms with Crippen LogP contribution >= 0.6 is 0 Å². The fourth-order valence-electron chi connectivity index (χ4n) is 1.17. The molecule has 0 aliphatic heterocycles. The number of nitrogens with one attached hydrogen (secondary N) is 1. The van der Waals surface area contributed by atoms with E-state index in [0.29, 0.717) is 5.76 Å². The fraction of sp³-hybridized carbons (Fsp3) is 0.400. The SMILES string of the molecule is Cc1ccc(CNC(=O)C(N)CC(=O)O)o1. The zero-order valence-electron chi connectivity index (χ0n) is 8.90. The van der Waals surface area contributed by atoms with E-state index in [1.807, 2.05) is 0 Å². The molecule has 0 saturated carbocycles. The van der Waals surface area contributed by atoms with Crippen LogP contribution in [-0.4, -0.2) is 23.0 Å². The number of rotatable bonds is 5. The first-order valence-electron chi connectivity index (χ1n) is 4.79. The molecular weight excluding hydrogens is 212 g/mol. The number of carboxylic acid groups (broad SMARTS) is 1. The predicted molar refractivity (Wildman–Crippen MR) is 55.5 cm³/mol. The fourth-order valence-corrected chi connectivity index (χ4v) is 1.17. The standard InChI is InChI=1S/C10H14N2O4/c1-6-2-3-7(16-6)5-12-10(15)8(11)4-9(13)14/h2-3,8H,4-5,11H2,1H3,(H,12,15)(H,13,14). The zero-order chi connectivity index (χ0) is 12.1. The summed E-state index contributed by atoms with van der Waals surface area (Å²) in [5.74, 6) is -0.250. The monoisotopic (exact) mass is 226 g/mol. The molecule has 16 heavy (non-hydrogen) atoms. The average molecular weight is 226 g/mol. The summed E-state index contributed by atoms with van der Waals surface area (Å²) in [7, 11) is 0. The van der Waals surface area contributed by atoms with Gasteiger partial charge in [0.05, 0.1) is 19.0 Å². The largest absolute Gasteiger partial charge is 0.481 e. The van der Waals surface area contributed by atoms with Crippen molar-refractivity contribution in [3.05, 3.63) is 23.7 Å². The quantitative estimate of drug-likeness (QED) is 0.655. The van der Waals surface area contributed by atoms with E-state index in [-0.39, 0.29) is 13.0 Å². The predicted octanol–water partition coefficient (Wildman–Crippen LogP) is 0.00622. The van der Waals surface area contributed by atoms with Gasteiger partial charge in [-0.1, -0.05) is 0 Å². The van der Waals surface area contributed by atoms with Gasteiger partial charge in [0, 0.05) is 0 Å². The van der Waals surface area contributed by atoms with Crippen molar-refractivity contribution in [2.75, 3.05) is 0 Å². The first-order chi connectivity index (χ1) is 7.49. The Morgan fingerprint density at radius 1 is 1.56 bits per heavy atom. The van der Waals surface area contributed by atoms with Gasteiger partial charge in [-0.25, -0.2) is 0 Å². The molecule has 0 fully saturated rings. The molecule has 1 aromatic heterocycles.